The summed E-state index contributed by atoms with van der Waals surface area (Å²) in [6.45, 7) is 4.36. The van der Waals surface area contributed by atoms with Crippen molar-refractivity contribution in [3.8, 4) is 11.4 Å². The van der Waals surface area contributed by atoms with Crippen molar-refractivity contribution in [2.24, 2.45) is 0 Å². The molecule has 8 nitrogen and oxygen atoms in total. The minimum atomic E-state index is -0.104. The number of imidazole rings is 1. The topological polar surface area (TPSA) is 84.5 Å². The van der Waals surface area contributed by atoms with Gasteiger partial charge in [-0.1, -0.05) is 35.5 Å². The van der Waals surface area contributed by atoms with Gasteiger partial charge in [-0.25, -0.2) is 4.98 Å². The fourth-order valence-electron chi connectivity index (χ4n) is 5.26. The van der Waals surface area contributed by atoms with Crippen LogP contribution < -0.4 is 0 Å². The van der Waals surface area contributed by atoms with Crippen molar-refractivity contribution in [1.29, 1.82) is 0 Å². The molecule has 0 N–H and O–H groups in total. The van der Waals surface area contributed by atoms with E-state index in [4.69, 9.17) is 9.51 Å². The molecule has 2 aliphatic heterocycles. The number of hydrogen-bond acceptors (Lipinski definition) is 5. The fraction of sp³-hybridized carbons (Fsp3) is 0.440. The highest BCUT2D eigenvalue weighted by atomic mass is 16.5. The maximum atomic E-state index is 13.5. The van der Waals surface area contributed by atoms with Crippen LogP contribution >= 0.6 is 0 Å². The van der Waals surface area contributed by atoms with Gasteiger partial charge < -0.3 is 18.9 Å². The summed E-state index contributed by atoms with van der Waals surface area (Å²) in [7, 11) is 3.50. The maximum absolute atomic E-state index is 13.5. The minimum absolute atomic E-state index is 0.0539. The molecule has 2 aromatic heterocycles. The van der Waals surface area contributed by atoms with E-state index in [1.54, 1.807) is 19.0 Å². The number of benzene rings is 1. The summed E-state index contributed by atoms with van der Waals surface area (Å²) >= 11 is 0. The molecule has 0 aliphatic carbocycles. The highest BCUT2D eigenvalue weighted by Crippen LogP contribution is 2.36. The van der Waals surface area contributed by atoms with Crippen LogP contribution in [-0.4, -0.2) is 62.5 Å². The highest BCUT2D eigenvalue weighted by Gasteiger charge is 2.42. The van der Waals surface area contributed by atoms with Gasteiger partial charge in [0.2, 0.25) is 5.91 Å². The number of carbonyl (C=O) groups excluding carboxylic acids is 2. The number of aryl methyl sites for hydroxylation is 2. The fourth-order valence-corrected chi connectivity index (χ4v) is 5.26. The molecule has 2 bridgehead atoms. The molecule has 2 amide bonds. The zero-order valence-electron chi connectivity index (χ0n) is 19.5. The number of amides is 2. The Morgan fingerprint density at radius 3 is 2.52 bits per heavy atom. The minimum Gasteiger partial charge on any atom is -0.361 e. The molecule has 2 atom stereocenters. The lowest BCUT2D eigenvalue weighted by Gasteiger charge is -2.28. The van der Waals surface area contributed by atoms with Crippen LogP contribution in [0.15, 0.2) is 34.9 Å². The molecule has 5 rings (SSSR count). The molecule has 1 fully saturated rings. The monoisotopic (exact) mass is 447 g/mol. The van der Waals surface area contributed by atoms with Gasteiger partial charge >= 0.3 is 0 Å². The summed E-state index contributed by atoms with van der Waals surface area (Å²) in [6, 6.07) is 10.1. The van der Waals surface area contributed by atoms with Crippen LogP contribution in [0.4, 0.5) is 0 Å². The van der Waals surface area contributed by atoms with Gasteiger partial charge in [0.1, 0.15) is 17.3 Å². The molecule has 0 unspecified atom stereocenters. The molecule has 2 aliphatic rings. The molecular formula is C25H29N5O3. The first-order valence-electron chi connectivity index (χ1n) is 11.4. The molecular weight excluding hydrogens is 418 g/mol. The van der Waals surface area contributed by atoms with E-state index in [-0.39, 0.29) is 30.3 Å². The molecule has 1 saturated heterocycles. The number of carbonyl (C=O) groups is 2. The van der Waals surface area contributed by atoms with E-state index in [0.29, 0.717) is 24.4 Å². The third-order valence-corrected chi connectivity index (χ3v) is 6.95. The van der Waals surface area contributed by atoms with Gasteiger partial charge in [0.05, 0.1) is 23.9 Å². The van der Waals surface area contributed by atoms with Crippen molar-refractivity contribution in [1.82, 2.24) is 24.5 Å². The Bertz CT molecular complexity index is 1190. The van der Waals surface area contributed by atoms with Crippen LogP contribution in [0.5, 0.6) is 0 Å². The predicted octanol–water partition coefficient (Wildman–Crippen LogP) is 3.02. The normalized spacial score (nSPS) is 19.3. The molecule has 0 saturated carbocycles. The van der Waals surface area contributed by atoms with Crippen LogP contribution in [0, 0.1) is 13.8 Å². The number of aromatic nitrogens is 3. The first kappa shape index (κ1) is 21.4. The van der Waals surface area contributed by atoms with Gasteiger partial charge in [0, 0.05) is 44.2 Å². The Labute approximate surface area is 193 Å². The van der Waals surface area contributed by atoms with Gasteiger partial charge in [0.25, 0.3) is 5.91 Å². The molecule has 8 heteroatoms. The summed E-state index contributed by atoms with van der Waals surface area (Å²) in [4.78, 5) is 35.0. The molecule has 33 heavy (non-hydrogen) atoms. The van der Waals surface area contributed by atoms with Crippen LogP contribution in [-0.2, 0) is 24.2 Å². The number of fused-ring (bicyclic) bond motifs is 3. The van der Waals surface area contributed by atoms with E-state index >= 15 is 0 Å². The molecule has 0 spiro atoms. The third kappa shape index (κ3) is 3.63. The second-order valence-electron chi connectivity index (χ2n) is 9.28. The number of nitrogens with zero attached hydrogens (tertiary/aromatic N) is 5. The summed E-state index contributed by atoms with van der Waals surface area (Å²) in [5, 5.41) is 4.00. The van der Waals surface area contributed by atoms with Gasteiger partial charge in [-0.3, -0.25) is 9.59 Å². The van der Waals surface area contributed by atoms with E-state index in [2.05, 4.69) is 14.6 Å². The van der Waals surface area contributed by atoms with Crippen LogP contribution in [0.1, 0.15) is 46.0 Å². The van der Waals surface area contributed by atoms with Crippen molar-refractivity contribution in [2.75, 3.05) is 14.1 Å². The van der Waals surface area contributed by atoms with Crippen molar-refractivity contribution in [3.63, 3.8) is 0 Å². The standard InChI is InChI=1S/C25H29N5O3/c1-15-20(16(2)33-27-15)13-22(31)30-18-10-11-19(30)14-29-21(12-18)23(25(32)28(3)4)26-24(29)17-8-6-5-7-9-17/h5-9,18-19H,10-14H2,1-4H3/t18-,19+/m0/s1. The molecule has 4 heterocycles. The van der Waals surface area contributed by atoms with Gasteiger partial charge in [-0.15, -0.1) is 0 Å². The van der Waals surface area contributed by atoms with Crippen LogP contribution in [0.25, 0.3) is 11.4 Å². The van der Waals surface area contributed by atoms with Gasteiger partial charge in [-0.2, -0.15) is 0 Å². The first-order chi connectivity index (χ1) is 15.8. The maximum Gasteiger partial charge on any atom is 0.273 e. The quantitative estimate of drug-likeness (QED) is 0.614. The summed E-state index contributed by atoms with van der Waals surface area (Å²) in [5.41, 5.74) is 4.03. The Balaban J connectivity index is 1.53. The molecule has 3 aromatic rings. The average Bonchev–Trinajstić information content (AvgIpc) is 3.41. The molecule has 0 radical (unpaired) electrons. The SMILES string of the molecule is Cc1noc(C)c1CC(=O)N1[C@@H]2CC[C@H]1Cc1c(C(=O)N(C)C)nc(-c3ccccc3)n1C2. The lowest BCUT2D eigenvalue weighted by Crippen LogP contribution is -2.43. The van der Waals surface area contributed by atoms with E-state index in [1.165, 1.54) is 0 Å². The molecule has 172 valence electrons. The van der Waals surface area contributed by atoms with E-state index in [1.807, 2.05) is 44.2 Å². The van der Waals surface area contributed by atoms with Crippen LogP contribution in [0.2, 0.25) is 0 Å². The second kappa shape index (κ2) is 8.17. The highest BCUT2D eigenvalue weighted by molar-refractivity contribution is 5.94. The Kier molecular flexibility index (Phi) is 5.31. The van der Waals surface area contributed by atoms with Crippen molar-refractivity contribution < 1.29 is 14.1 Å². The predicted molar refractivity (Wildman–Crippen MR) is 123 cm³/mol. The largest absolute Gasteiger partial charge is 0.361 e. The zero-order chi connectivity index (χ0) is 23.3. The summed E-state index contributed by atoms with van der Waals surface area (Å²) < 4.78 is 7.44. The van der Waals surface area contributed by atoms with E-state index < -0.39 is 0 Å². The van der Waals surface area contributed by atoms with E-state index in [0.717, 1.165) is 41.2 Å². The number of hydrogen-bond donors (Lipinski definition) is 0. The lowest BCUT2D eigenvalue weighted by molar-refractivity contribution is -0.133. The smallest absolute Gasteiger partial charge is 0.273 e. The van der Waals surface area contributed by atoms with Crippen LogP contribution in [0.3, 0.4) is 0 Å². The van der Waals surface area contributed by atoms with Gasteiger partial charge in [-0.05, 0) is 26.7 Å². The average molecular weight is 448 g/mol. The molecule has 1 aromatic carbocycles. The van der Waals surface area contributed by atoms with Crippen molar-refractivity contribution in [3.05, 3.63) is 58.7 Å². The summed E-state index contributed by atoms with van der Waals surface area (Å²) in [6.07, 6.45) is 2.79. The van der Waals surface area contributed by atoms with E-state index in [9.17, 15) is 9.59 Å². The lowest BCUT2D eigenvalue weighted by atomic mass is 10.0. The van der Waals surface area contributed by atoms with Crippen molar-refractivity contribution >= 4 is 11.8 Å². The Hall–Kier alpha value is -3.42. The van der Waals surface area contributed by atoms with Crippen molar-refractivity contribution in [2.45, 2.75) is 58.2 Å². The third-order valence-electron chi connectivity index (χ3n) is 6.95. The Morgan fingerprint density at radius 1 is 1.12 bits per heavy atom. The second-order valence-corrected chi connectivity index (χ2v) is 9.28. The zero-order valence-corrected chi connectivity index (χ0v) is 19.5. The van der Waals surface area contributed by atoms with Gasteiger partial charge in [0.15, 0.2) is 0 Å². The summed E-state index contributed by atoms with van der Waals surface area (Å²) in [5.74, 6) is 1.48. The number of rotatable bonds is 4. The Morgan fingerprint density at radius 2 is 1.85 bits per heavy atom. The first-order valence-corrected chi connectivity index (χ1v) is 11.4.